The van der Waals surface area contributed by atoms with Gasteiger partial charge in [0.1, 0.15) is 29.5 Å². The predicted octanol–water partition coefficient (Wildman–Crippen LogP) is 6.56. The van der Waals surface area contributed by atoms with Crippen LogP contribution in [0.3, 0.4) is 0 Å². The molecule has 228 valence electrons. The van der Waals surface area contributed by atoms with Crippen molar-refractivity contribution in [1.29, 1.82) is 0 Å². The van der Waals surface area contributed by atoms with Crippen molar-refractivity contribution in [1.82, 2.24) is 35.0 Å². The summed E-state index contributed by atoms with van der Waals surface area (Å²) < 4.78 is 20.5. The molecule has 0 aliphatic carbocycles. The number of benzene rings is 2. The molecule has 0 aliphatic heterocycles. The third-order valence-electron chi connectivity index (χ3n) is 7.55. The highest BCUT2D eigenvalue weighted by Gasteiger charge is 2.17. The minimum absolute atomic E-state index is 0.224. The van der Waals surface area contributed by atoms with Crippen LogP contribution in [0.25, 0.3) is 55.7 Å². The maximum atomic E-state index is 14.7. The maximum absolute atomic E-state index is 14.7. The zero-order chi connectivity index (χ0) is 31.6. The van der Waals surface area contributed by atoms with Gasteiger partial charge in [0.05, 0.1) is 35.0 Å². The fourth-order valence-electron chi connectivity index (χ4n) is 5.27. The minimum Gasteiger partial charge on any atom is -0.492 e. The summed E-state index contributed by atoms with van der Waals surface area (Å²) in [6.07, 6.45) is 6.70. The van der Waals surface area contributed by atoms with Crippen LogP contribution in [0.4, 0.5) is 10.1 Å². The Morgan fingerprint density at radius 3 is 2.65 bits per heavy atom. The van der Waals surface area contributed by atoms with Gasteiger partial charge in [0.15, 0.2) is 0 Å². The summed E-state index contributed by atoms with van der Waals surface area (Å²) in [5.41, 5.74) is 6.80. The molecule has 7 rings (SSSR count). The SMILES string of the molecule is CN(C)CCOc1cc(F)cc(-c2ccnc3[nH]c(-c4n[nH]c5cnc(-c6cncc(NC(=O)c7ccccc7)c6)cc45)cc23)c1. The van der Waals surface area contributed by atoms with Crippen molar-refractivity contribution in [2.45, 2.75) is 0 Å². The predicted molar refractivity (Wildman–Crippen MR) is 176 cm³/mol. The van der Waals surface area contributed by atoms with Crippen molar-refractivity contribution in [3.05, 3.63) is 109 Å². The van der Waals surface area contributed by atoms with Crippen molar-refractivity contribution in [2.24, 2.45) is 0 Å². The monoisotopic (exact) mass is 612 g/mol. The Kier molecular flexibility index (Phi) is 7.65. The summed E-state index contributed by atoms with van der Waals surface area (Å²) in [6, 6.07) is 21.3. The highest BCUT2D eigenvalue weighted by Crippen LogP contribution is 2.35. The summed E-state index contributed by atoms with van der Waals surface area (Å²) in [5.74, 6) is -0.137. The van der Waals surface area contributed by atoms with Crippen LogP contribution in [-0.2, 0) is 0 Å². The number of likely N-dealkylation sites (N-methyl/N-ethyl adjacent to an activating group) is 1. The first-order chi connectivity index (χ1) is 22.4. The van der Waals surface area contributed by atoms with Crippen molar-refractivity contribution in [3.63, 3.8) is 0 Å². The first kappa shape index (κ1) is 28.8. The van der Waals surface area contributed by atoms with Crippen LogP contribution in [0, 0.1) is 5.82 Å². The molecule has 5 aromatic heterocycles. The molecule has 0 radical (unpaired) electrons. The number of nitrogens with zero attached hydrogens (tertiary/aromatic N) is 5. The summed E-state index contributed by atoms with van der Waals surface area (Å²) in [6.45, 7) is 1.16. The van der Waals surface area contributed by atoms with Gasteiger partial charge in [-0.1, -0.05) is 18.2 Å². The third-order valence-corrected chi connectivity index (χ3v) is 7.55. The Labute approximate surface area is 263 Å². The van der Waals surface area contributed by atoms with Gasteiger partial charge in [0.2, 0.25) is 0 Å². The van der Waals surface area contributed by atoms with Gasteiger partial charge in [-0.25, -0.2) is 9.37 Å². The normalized spacial score (nSPS) is 11.4. The standard InChI is InChI=1S/C35H29FN8O2/c1-44(2)10-11-46-26-14-22(12-24(36)15-26)27-8-9-38-34-28(27)16-31(41-34)33-29-17-30(39-20-32(29)42-43-33)23-13-25(19-37-18-23)40-35(45)21-6-4-3-5-7-21/h3-9,12-20H,10-11H2,1-2H3,(H,38,41)(H,40,45)(H,42,43). The highest BCUT2D eigenvalue weighted by molar-refractivity contribution is 6.04. The van der Waals surface area contributed by atoms with E-state index in [1.54, 1.807) is 36.9 Å². The van der Waals surface area contributed by atoms with E-state index in [2.05, 4.69) is 35.5 Å². The van der Waals surface area contributed by atoms with E-state index in [4.69, 9.17) is 4.74 Å². The summed E-state index contributed by atoms with van der Waals surface area (Å²) >= 11 is 0. The largest absolute Gasteiger partial charge is 0.492 e. The smallest absolute Gasteiger partial charge is 0.255 e. The minimum atomic E-state index is -0.380. The van der Waals surface area contributed by atoms with Gasteiger partial charge in [0.25, 0.3) is 5.91 Å². The number of aromatic amines is 2. The molecule has 7 aromatic rings. The second kappa shape index (κ2) is 12.2. The number of hydrogen-bond acceptors (Lipinski definition) is 7. The van der Waals surface area contributed by atoms with Crippen LogP contribution in [-0.4, -0.2) is 68.2 Å². The molecule has 0 saturated heterocycles. The van der Waals surface area contributed by atoms with Gasteiger partial charge >= 0.3 is 0 Å². The Morgan fingerprint density at radius 1 is 0.935 bits per heavy atom. The average molecular weight is 613 g/mol. The zero-order valence-corrected chi connectivity index (χ0v) is 25.1. The number of carbonyl (C=O) groups excluding carboxylic acids is 1. The lowest BCUT2D eigenvalue weighted by Crippen LogP contribution is -2.19. The second-order valence-electron chi connectivity index (χ2n) is 11.1. The second-order valence-corrected chi connectivity index (χ2v) is 11.1. The topological polar surface area (TPSA) is 125 Å². The Bertz CT molecular complexity index is 2190. The first-order valence-electron chi connectivity index (χ1n) is 14.6. The maximum Gasteiger partial charge on any atom is 0.255 e. The van der Waals surface area contributed by atoms with Gasteiger partial charge < -0.3 is 19.9 Å². The van der Waals surface area contributed by atoms with E-state index in [-0.39, 0.29) is 11.7 Å². The molecule has 0 atom stereocenters. The molecule has 0 bridgehead atoms. The lowest BCUT2D eigenvalue weighted by atomic mass is 10.0. The highest BCUT2D eigenvalue weighted by atomic mass is 19.1. The molecule has 1 amide bonds. The van der Waals surface area contributed by atoms with Crippen molar-refractivity contribution >= 4 is 33.5 Å². The van der Waals surface area contributed by atoms with E-state index in [1.807, 2.05) is 67.5 Å². The molecule has 0 unspecified atom stereocenters. The van der Waals surface area contributed by atoms with Crippen LogP contribution in [0.2, 0.25) is 0 Å². The molecule has 0 spiro atoms. The van der Waals surface area contributed by atoms with Crippen molar-refractivity contribution in [2.75, 3.05) is 32.6 Å². The molecule has 2 aromatic carbocycles. The Balaban J connectivity index is 1.21. The van der Waals surface area contributed by atoms with Gasteiger partial charge in [-0.3, -0.25) is 19.9 Å². The molecule has 11 heteroatoms. The van der Waals surface area contributed by atoms with Crippen LogP contribution in [0.15, 0.2) is 97.6 Å². The number of rotatable bonds is 9. The van der Waals surface area contributed by atoms with Gasteiger partial charge in [0, 0.05) is 46.9 Å². The molecular weight excluding hydrogens is 583 g/mol. The Hall–Kier alpha value is -5.94. The fourth-order valence-corrected chi connectivity index (χ4v) is 5.27. The van der Waals surface area contributed by atoms with E-state index in [9.17, 15) is 9.18 Å². The van der Waals surface area contributed by atoms with E-state index >= 15 is 0 Å². The molecule has 0 aliphatic rings. The van der Waals surface area contributed by atoms with E-state index in [0.29, 0.717) is 52.8 Å². The van der Waals surface area contributed by atoms with Gasteiger partial charge in [-0.15, -0.1) is 0 Å². The number of carbonyl (C=O) groups is 1. The number of amides is 1. The fraction of sp³-hybridized carbons (Fsp3) is 0.114. The summed E-state index contributed by atoms with van der Waals surface area (Å²) in [7, 11) is 3.92. The molecule has 46 heavy (non-hydrogen) atoms. The third kappa shape index (κ3) is 5.91. The van der Waals surface area contributed by atoms with Crippen molar-refractivity contribution in [3.8, 4) is 39.5 Å². The van der Waals surface area contributed by atoms with E-state index in [1.165, 1.54) is 12.1 Å². The van der Waals surface area contributed by atoms with Crippen molar-refractivity contribution < 1.29 is 13.9 Å². The van der Waals surface area contributed by atoms with E-state index in [0.717, 1.165) is 33.1 Å². The van der Waals surface area contributed by atoms with Crippen LogP contribution < -0.4 is 10.1 Å². The number of halogens is 1. The molecule has 0 fully saturated rings. The average Bonchev–Trinajstić information content (AvgIpc) is 3.69. The molecular formula is C35H29FN8O2. The molecule has 10 nitrogen and oxygen atoms in total. The van der Waals surface area contributed by atoms with Crippen LogP contribution in [0.1, 0.15) is 10.4 Å². The number of nitrogens with one attached hydrogen (secondary N) is 3. The number of pyridine rings is 3. The van der Waals surface area contributed by atoms with E-state index < -0.39 is 0 Å². The first-order valence-corrected chi connectivity index (χ1v) is 14.6. The van der Waals surface area contributed by atoms with Gasteiger partial charge in [-0.05, 0) is 73.8 Å². The lowest BCUT2D eigenvalue weighted by Gasteiger charge is -2.12. The molecule has 3 N–H and O–H groups in total. The van der Waals surface area contributed by atoms with Crippen LogP contribution in [0.5, 0.6) is 5.75 Å². The molecule has 5 heterocycles. The number of aromatic nitrogens is 6. The number of ether oxygens (including phenoxy) is 1. The zero-order valence-electron chi connectivity index (χ0n) is 25.1. The number of anilines is 1. The number of fused-ring (bicyclic) bond motifs is 2. The number of H-pyrrole nitrogens is 2. The quantitative estimate of drug-likeness (QED) is 0.169. The van der Waals surface area contributed by atoms with Gasteiger partial charge in [-0.2, -0.15) is 5.10 Å². The number of hydrogen-bond donors (Lipinski definition) is 3. The summed E-state index contributed by atoms with van der Waals surface area (Å²) in [4.78, 5) is 31.5. The van der Waals surface area contributed by atoms with Crippen LogP contribution >= 0.6 is 0 Å². The molecule has 0 saturated carbocycles. The Morgan fingerprint density at radius 2 is 1.80 bits per heavy atom. The lowest BCUT2D eigenvalue weighted by molar-refractivity contribution is 0.102. The summed E-state index contributed by atoms with van der Waals surface area (Å²) in [5, 5.41) is 12.2.